The van der Waals surface area contributed by atoms with E-state index in [1.165, 1.54) is 13.8 Å². The van der Waals surface area contributed by atoms with Crippen LogP contribution in [0.4, 0.5) is 0 Å². The quantitative estimate of drug-likeness (QED) is 0.377. The first-order valence-corrected chi connectivity index (χ1v) is 11.1. The molecule has 6 N–H and O–H groups in total. The minimum atomic E-state index is -1.37. The van der Waals surface area contributed by atoms with Crippen LogP contribution in [-0.4, -0.2) is 53.0 Å². The van der Waals surface area contributed by atoms with Crippen LogP contribution in [0.3, 0.4) is 0 Å². The number of carboxylic acid groups (broad SMARTS) is 1. The van der Waals surface area contributed by atoms with Gasteiger partial charge >= 0.3 is 5.97 Å². The average Bonchev–Trinajstić information content (AvgIpc) is 2.74. The summed E-state index contributed by atoms with van der Waals surface area (Å²) in [5.74, 6) is -2.62. The number of benzene rings is 2. The molecule has 0 saturated carbocycles. The molecule has 0 fully saturated rings. The van der Waals surface area contributed by atoms with Gasteiger partial charge in [-0.15, -0.1) is 0 Å². The number of nitrogens with two attached hydrogens (primary N) is 1. The van der Waals surface area contributed by atoms with Crippen LogP contribution in [0.25, 0.3) is 10.8 Å². The van der Waals surface area contributed by atoms with E-state index in [1.807, 2.05) is 51.1 Å². The summed E-state index contributed by atoms with van der Waals surface area (Å²) in [5.41, 5.74) is 3.93. The van der Waals surface area contributed by atoms with Gasteiger partial charge in [-0.05, 0) is 42.2 Å². The van der Waals surface area contributed by atoms with E-state index in [9.17, 15) is 19.2 Å². The van der Waals surface area contributed by atoms with Gasteiger partial charge in [0.05, 0.1) is 12.5 Å². The Morgan fingerprint density at radius 2 is 1.56 bits per heavy atom. The molecule has 0 aliphatic carbocycles. The Morgan fingerprint density at radius 3 is 2.12 bits per heavy atom. The summed E-state index contributed by atoms with van der Waals surface area (Å²) in [4.78, 5) is 49.9. The first-order valence-electron chi connectivity index (χ1n) is 11.1. The number of rotatable bonds is 9. The Labute approximate surface area is 199 Å². The molecule has 184 valence electrons. The Bertz CT molecular complexity index is 1070. The molecule has 9 heteroatoms. The number of carbonyl (C=O) groups is 4. The van der Waals surface area contributed by atoms with E-state index in [4.69, 9.17) is 10.8 Å². The Hall–Kier alpha value is -3.46. The molecule has 0 aromatic heterocycles. The van der Waals surface area contributed by atoms with Gasteiger partial charge in [-0.2, -0.15) is 0 Å². The maximum Gasteiger partial charge on any atom is 0.305 e. The smallest absolute Gasteiger partial charge is 0.305 e. The van der Waals surface area contributed by atoms with Crippen molar-refractivity contribution in [3.05, 3.63) is 48.0 Å². The van der Waals surface area contributed by atoms with E-state index in [2.05, 4.69) is 16.0 Å². The molecule has 3 amide bonds. The van der Waals surface area contributed by atoms with E-state index >= 15 is 0 Å². The lowest BCUT2D eigenvalue weighted by Crippen LogP contribution is -2.63. The first kappa shape index (κ1) is 26.8. The zero-order valence-electron chi connectivity index (χ0n) is 20.3. The van der Waals surface area contributed by atoms with Gasteiger partial charge < -0.3 is 26.8 Å². The minimum absolute atomic E-state index is 0.0610. The van der Waals surface area contributed by atoms with Crippen molar-refractivity contribution in [2.75, 3.05) is 6.54 Å². The molecule has 0 bridgehead atoms. The van der Waals surface area contributed by atoms with Crippen LogP contribution in [-0.2, 0) is 14.4 Å². The second-order valence-corrected chi connectivity index (χ2v) is 9.95. The first-order chi connectivity index (χ1) is 15.7. The van der Waals surface area contributed by atoms with Crippen LogP contribution in [0, 0.1) is 5.41 Å². The van der Waals surface area contributed by atoms with Gasteiger partial charge in [-0.3, -0.25) is 19.2 Å². The zero-order valence-corrected chi connectivity index (χ0v) is 20.3. The highest BCUT2D eigenvalue weighted by molar-refractivity contribution is 6.01. The SMILES string of the molecule is CC(C)(NC(=O)C(NC(=O)c1ccc2ccccc2c1)C(C)(C)C)C(=O)NC(CN)CC(=O)O. The van der Waals surface area contributed by atoms with Crippen LogP contribution in [0.2, 0.25) is 0 Å². The van der Waals surface area contributed by atoms with Crippen molar-refractivity contribution < 1.29 is 24.3 Å². The van der Waals surface area contributed by atoms with Crippen molar-refractivity contribution in [1.29, 1.82) is 0 Å². The van der Waals surface area contributed by atoms with Gasteiger partial charge in [0.2, 0.25) is 11.8 Å². The minimum Gasteiger partial charge on any atom is -0.481 e. The molecule has 0 saturated heterocycles. The number of hydrogen-bond acceptors (Lipinski definition) is 5. The summed E-state index contributed by atoms with van der Waals surface area (Å²) in [6.07, 6.45) is -0.335. The number of amides is 3. The van der Waals surface area contributed by atoms with E-state index in [1.54, 1.807) is 12.1 Å². The largest absolute Gasteiger partial charge is 0.481 e. The van der Waals surface area contributed by atoms with Crippen molar-refractivity contribution >= 4 is 34.5 Å². The molecule has 0 heterocycles. The van der Waals surface area contributed by atoms with Gasteiger partial charge in [-0.25, -0.2) is 0 Å². The topological polar surface area (TPSA) is 151 Å². The summed E-state index contributed by atoms with van der Waals surface area (Å²) in [6, 6.07) is 11.2. The standard InChI is InChI=1S/C25H34N4O5/c1-24(2,3)20(28-21(32)17-11-10-15-8-6-7-9-16(15)12-17)22(33)29-25(4,5)23(34)27-18(14-26)13-19(30)31/h6-12,18,20H,13-14,26H2,1-5H3,(H,27,34)(H,28,32)(H,29,33)(H,30,31). The lowest BCUT2D eigenvalue weighted by atomic mass is 9.85. The van der Waals surface area contributed by atoms with Crippen molar-refractivity contribution in [2.24, 2.45) is 11.1 Å². The van der Waals surface area contributed by atoms with Gasteiger partial charge in [0.25, 0.3) is 5.91 Å². The highest BCUT2D eigenvalue weighted by Crippen LogP contribution is 2.22. The second kappa shape index (κ2) is 10.6. The molecule has 34 heavy (non-hydrogen) atoms. The summed E-state index contributed by atoms with van der Waals surface area (Å²) in [6.45, 7) is 8.36. The number of fused-ring (bicyclic) bond motifs is 1. The van der Waals surface area contributed by atoms with Crippen molar-refractivity contribution in [3.8, 4) is 0 Å². The van der Waals surface area contributed by atoms with Crippen molar-refractivity contribution in [3.63, 3.8) is 0 Å². The number of carboxylic acids is 1. The summed E-state index contributed by atoms with van der Waals surface area (Å²) < 4.78 is 0. The van der Waals surface area contributed by atoms with E-state index in [-0.39, 0.29) is 13.0 Å². The molecule has 0 aliphatic heterocycles. The molecular weight excluding hydrogens is 436 g/mol. The number of aliphatic carboxylic acids is 1. The van der Waals surface area contributed by atoms with Crippen LogP contribution in [0.15, 0.2) is 42.5 Å². The third-order valence-electron chi connectivity index (χ3n) is 5.46. The van der Waals surface area contributed by atoms with E-state index < -0.39 is 46.7 Å². The normalized spacial score (nSPS) is 13.6. The molecule has 0 radical (unpaired) electrons. The predicted octanol–water partition coefficient (Wildman–Crippen LogP) is 1.80. The zero-order chi connectivity index (χ0) is 25.7. The second-order valence-electron chi connectivity index (χ2n) is 9.95. The van der Waals surface area contributed by atoms with Gasteiger partial charge in [0.15, 0.2) is 0 Å². The lowest BCUT2D eigenvalue weighted by Gasteiger charge is -2.34. The Balaban J connectivity index is 2.17. The van der Waals surface area contributed by atoms with Crippen LogP contribution in [0.5, 0.6) is 0 Å². The van der Waals surface area contributed by atoms with E-state index in [0.29, 0.717) is 5.56 Å². The fourth-order valence-electron chi connectivity index (χ4n) is 3.43. The highest BCUT2D eigenvalue weighted by Gasteiger charge is 2.38. The predicted molar refractivity (Wildman–Crippen MR) is 130 cm³/mol. The third-order valence-corrected chi connectivity index (χ3v) is 5.46. The molecule has 2 atom stereocenters. The van der Waals surface area contributed by atoms with E-state index in [0.717, 1.165) is 10.8 Å². The number of carbonyl (C=O) groups excluding carboxylic acids is 3. The van der Waals surface area contributed by atoms with Gasteiger partial charge in [0.1, 0.15) is 11.6 Å². The highest BCUT2D eigenvalue weighted by atomic mass is 16.4. The third kappa shape index (κ3) is 7.02. The average molecular weight is 471 g/mol. The van der Waals surface area contributed by atoms with Crippen LogP contribution >= 0.6 is 0 Å². The molecule has 2 rings (SSSR count). The summed E-state index contributed by atoms with van der Waals surface area (Å²) in [5, 5.41) is 18.9. The molecule has 9 nitrogen and oxygen atoms in total. The molecule has 0 aliphatic rings. The number of nitrogens with one attached hydrogen (secondary N) is 3. The molecule has 2 aromatic carbocycles. The summed E-state index contributed by atoms with van der Waals surface area (Å²) in [7, 11) is 0. The lowest BCUT2D eigenvalue weighted by molar-refractivity contribution is -0.138. The molecule has 2 unspecified atom stereocenters. The Kier molecular flexibility index (Phi) is 8.39. The Morgan fingerprint density at radius 1 is 0.941 bits per heavy atom. The monoisotopic (exact) mass is 470 g/mol. The van der Waals surface area contributed by atoms with Gasteiger partial charge in [0, 0.05) is 12.1 Å². The summed E-state index contributed by atoms with van der Waals surface area (Å²) >= 11 is 0. The molecular formula is C25H34N4O5. The maximum absolute atomic E-state index is 13.2. The molecule has 2 aromatic rings. The van der Waals surface area contributed by atoms with Gasteiger partial charge in [-0.1, -0.05) is 51.1 Å². The van der Waals surface area contributed by atoms with Crippen molar-refractivity contribution in [2.45, 2.75) is 58.7 Å². The van der Waals surface area contributed by atoms with Crippen molar-refractivity contribution in [1.82, 2.24) is 16.0 Å². The molecule has 0 spiro atoms. The van der Waals surface area contributed by atoms with Crippen LogP contribution in [0.1, 0.15) is 51.4 Å². The fourth-order valence-corrected chi connectivity index (χ4v) is 3.43. The fraction of sp³-hybridized carbons (Fsp3) is 0.440. The maximum atomic E-state index is 13.2. The number of hydrogen-bond donors (Lipinski definition) is 5. The van der Waals surface area contributed by atoms with Crippen LogP contribution < -0.4 is 21.7 Å².